The molecule has 0 radical (unpaired) electrons. The third kappa shape index (κ3) is 3.88. The number of nitrogens with zero attached hydrogens (tertiary/aromatic N) is 3. The van der Waals surface area contributed by atoms with Crippen LogP contribution in [0.4, 0.5) is 0 Å². The number of aliphatic hydroxyl groups excluding tert-OH is 1. The topological polar surface area (TPSA) is 102 Å². The number of carbonyl (C=O) groups excluding carboxylic acids is 1. The molecule has 8 heteroatoms. The number of aliphatic hydroxyl groups is 1. The van der Waals surface area contributed by atoms with Crippen LogP contribution in [0.5, 0.6) is 0 Å². The molecule has 7 nitrogen and oxygen atoms in total. The lowest BCUT2D eigenvalue weighted by atomic mass is 10.1. The number of rotatable bonds is 4. The number of likely N-dealkylation sites (tertiary alicyclic amines) is 1. The summed E-state index contributed by atoms with van der Waals surface area (Å²) < 4.78 is 25.0. The molecule has 124 valence electrons. The molecule has 0 aromatic heterocycles. The van der Waals surface area contributed by atoms with Crippen molar-refractivity contribution in [3.8, 4) is 6.07 Å². The molecular weight excluding hydrogens is 318 g/mol. The molecule has 1 saturated heterocycles. The van der Waals surface area contributed by atoms with Crippen LogP contribution in [-0.4, -0.2) is 67.7 Å². The van der Waals surface area contributed by atoms with Gasteiger partial charge in [0.25, 0.3) is 5.91 Å². The summed E-state index contributed by atoms with van der Waals surface area (Å²) >= 11 is 0. The standard InChI is InChI=1S/C15H19N3O4S/c1-17(2)23(21,22)10-13-8-18(9-14(13)19)15(20)12-5-3-4-11(6-12)7-16/h3-6,13-14,19H,8-10H2,1-2H3/t13-,14+/m0/s1. The molecule has 0 saturated carbocycles. The van der Waals surface area contributed by atoms with Crippen LogP contribution in [0.25, 0.3) is 0 Å². The highest BCUT2D eigenvalue weighted by Crippen LogP contribution is 2.22. The van der Waals surface area contributed by atoms with Crippen molar-refractivity contribution in [1.82, 2.24) is 9.21 Å². The highest BCUT2D eigenvalue weighted by molar-refractivity contribution is 7.89. The molecule has 1 N–H and O–H groups in total. The lowest BCUT2D eigenvalue weighted by Gasteiger charge is -2.18. The quantitative estimate of drug-likeness (QED) is 0.825. The van der Waals surface area contributed by atoms with Gasteiger partial charge in [0, 0.05) is 38.7 Å². The first-order valence-corrected chi connectivity index (χ1v) is 8.73. The van der Waals surface area contributed by atoms with Gasteiger partial charge in [-0.15, -0.1) is 0 Å². The first-order valence-electron chi connectivity index (χ1n) is 7.12. The van der Waals surface area contributed by atoms with Crippen molar-refractivity contribution in [2.45, 2.75) is 6.10 Å². The first-order chi connectivity index (χ1) is 10.7. The van der Waals surface area contributed by atoms with E-state index in [-0.39, 0.29) is 24.7 Å². The van der Waals surface area contributed by atoms with E-state index in [0.717, 1.165) is 4.31 Å². The van der Waals surface area contributed by atoms with Gasteiger partial charge in [-0.1, -0.05) is 6.07 Å². The Morgan fingerprint density at radius 1 is 1.43 bits per heavy atom. The van der Waals surface area contributed by atoms with E-state index in [0.29, 0.717) is 11.1 Å². The van der Waals surface area contributed by atoms with Crippen molar-refractivity contribution < 1.29 is 18.3 Å². The van der Waals surface area contributed by atoms with E-state index in [1.165, 1.54) is 25.1 Å². The zero-order valence-electron chi connectivity index (χ0n) is 13.0. The average molecular weight is 337 g/mol. The van der Waals surface area contributed by atoms with Crippen LogP contribution in [0.15, 0.2) is 24.3 Å². The summed E-state index contributed by atoms with van der Waals surface area (Å²) in [6.45, 7) is 0.257. The number of sulfonamides is 1. The summed E-state index contributed by atoms with van der Waals surface area (Å²) in [7, 11) is -0.572. The molecule has 2 rings (SSSR count). The number of nitriles is 1. The van der Waals surface area contributed by atoms with Crippen LogP contribution in [0.3, 0.4) is 0 Å². The Hall–Kier alpha value is -1.95. The molecule has 1 fully saturated rings. The average Bonchev–Trinajstić information content (AvgIpc) is 2.86. The minimum absolute atomic E-state index is 0.0865. The Kier molecular flexibility index (Phi) is 5.04. The Bertz CT molecular complexity index is 739. The smallest absolute Gasteiger partial charge is 0.253 e. The van der Waals surface area contributed by atoms with Crippen LogP contribution < -0.4 is 0 Å². The van der Waals surface area contributed by atoms with E-state index in [2.05, 4.69) is 0 Å². The van der Waals surface area contributed by atoms with Crippen LogP contribution in [0, 0.1) is 17.2 Å². The summed E-state index contributed by atoms with van der Waals surface area (Å²) in [5, 5.41) is 19.0. The normalized spacial score (nSPS) is 21.4. The molecule has 1 aromatic carbocycles. The van der Waals surface area contributed by atoms with Crippen LogP contribution in [-0.2, 0) is 10.0 Å². The van der Waals surface area contributed by atoms with Crippen molar-refractivity contribution in [1.29, 1.82) is 5.26 Å². The highest BCUT2D eigenvalue weighted by Gasteiger charge is 2.37. The van der Waals surface area contributed by atoms with Gasteiger partial charge in [0.05, 0.1) is 23.5 Å². The second kappa shape index (κ2) is 6.66. The Morgan fingerprint density at radius 3 is 2.74 bits per heavy atom. The minimum Gasteiger partial charge on any atom is -0.391 e. The van der Waals surface area contributed by atoms with Crippen molar-refractivity contribution in [3.05, 3.63) is 35.4 Å². The van der Waals surface area contributed by atoms with E-state index in [4.69, 9.17) is 5.26 Å². The lowest BCUT2D eigenvalue weighted by Crippen LogP contribution is -2.33. The number of amides is 1. The number of benzene rings is 1. The molecule has 0 aliphatic carbocycles. The molecule has 1 aromatic rings. The fraction of sp³-hybridized carbons (Fsp3) is 0.467. The van der Waals surface area contributed by atoms with E-state index >= 15 is 0 Å². The summed E-state index contributed by atoms with van der Waals surface area (Å²) in [5.74, 6) is -1.04. The minimum atomic E-state index is -3.45. The van der Waals surface area contributed by atoms with E-state index in [1.807, 2.05) is 6.07 Å². The maximum absolute atomic E-state index is 12.5. The molecule has 0 spiro atoms. The number of β-amino-alcohol motifs (C(OH)–C–C–N with tert-alkyl or cyclic N) is 1. The zero-order chi connectivity index (χ0) is 17.2. The monoisotopic (exact) mass is 337 g/mol. The lowest BCUT2D eigenvalue weighted by molar-refractivity contribution is 0.0764. The van der Waals surface area contributed by atoms with Gasteiger partial charge in [-0.05, 0) is 18.2 Å². The molecule has 0 bridgehead atoms. The van der Waals surface area contributed by atoms with E-state index in [1.54, 1.807) is 18.2 Å². The number of hydrogen-bond donors (Lipinski definition) is 1. The number of hydrogen-bond acceptors (Lipinski definition) is 5. The summed E-state index contributed by atoms with van der Waals surface area (Å²) in [4.78, 5) is 13.9. The summed E-state index contributed by atoms with van der Waals surface area (Å²) in [5.41, 5.74) is 0.731. The maximum Gasteiger partial charge on any atom is 0.253 e. The summed E-state index contributed by atoms with van der Waals surface area (Å²) in [6, 6.07) is 8.27. The van der Waals surface area contributed by atoms with Gasteiger partial charge in [-0.25, -0.2) is 12.7 Å². The Balaban J connectivity index is 2.11. The Labute approximate surface area is 135 Å². The zero-order valence-corrected chi connectivity index (χ0v) is 13.8. The van der Waals surface area contributed by atoms with Crippen molar-refractivity contribution in [3.63, 3.8) is 0 Å². The largest absolute Gasteiger partial charge is 0.391 e. The molecule has 23 heavy (non-hydrogen) atoms. The van der Waals surface area contributed by atoms with Crippen LogP contribution >= 0.6 is 0 Å². The predicted molar refractivity (Wildman–Crippen MR) is 84.0 cm³/mol. The van der Waals surface area contributed by atoms with Crippen molar-refractivity contribution >= 4 is 15.9 Å². The fourth-order valence-electron chi connectivity index (χ4n) is 2.51. The third-order valence-electron chi connectivity index (χ3n) is 3.91. The highest BCUT2D eigenvalue weighted by atomic mass is 32.2. The predicted octanol–water partition coefficient (Wildman–Crippen LogP) is -0.117. The van der Waals surface area contributed by atoms with Gasteiger partial charge in [-0.2, -0.15) is 5.26 Å². The van der Waals surface area contributed by atoms with Gasteiger partial charge in [0.2, 0.25) is 10.0 Å². The fourth-order valence-corrected chi connectivity index (χ4v) is 3.67. The van der Waals surface area contributed by atoms with Crippen molar-refractivity contribution in [2.24, 2.45) is 5.92 Å². The molecule has 2 atom stereocenters. The second-order valence-corrected chi connectivity index (χ2v) is 8.02. The third-order valence-corrected chi connectivity index (χ3v) is 5.88. The molecule has 0 unspecified atom stereocenters. The van der Waals surface area contributed by atoms with E-state index in [9.17, 15) is 18.3 Å². The maximum atomic E-state index is 12.5. The first kappa shape index (κ1) is 17.4. The van der Waals surface area contributed by atoms with Gasteiger partial charge >= 0.3 is 0 Å². The SMILES string of the molecule is CN(C)S(=O)(=O)C[C@@H]1CN(C(=O)c2cccc(C#N)c2)C[C@H]1O. The summed E-state index contributed by atoms with van der Waals surface area (Å²) in [6.07, 6.45) is -0.882. The number of carbonyl (C=O) groups is 1. The molecule has 1 aliphatic rings. The Morgan fingerprint density at radius 2 is 2.13 bits per heavy atom. The van der Waals surface area contributed by atoms with E-state index < -0.39 is 22.0 Å². The molecule has 1 heterocycles. The van der Waals surface area contributed by atoms with Crippen molar-refractivity contribution in [2.75, 3.05) is 32.9 Å². The van der Waals surface area contributed by atoms with Gasteiger partial charge in [0.15, 0.2) is 0 Å². The molecule has 1 aliphatic heterocycles. The van der Waals surface area contributed by atoms with Crippen LogP contribution in [0.2, 0.25) is 0 Å². The van der Waals surface area contributed by atoms with Gasteiger partial charge < -0.3 is 10.0 Å². The van der Waals surface area contributed by atoms with Crippen LogP contribution in [0.1, 0.15) is 15.9 Å². The molecular formula is C15H19N3O4S. The molecule has 1 amide bonds. The second-order valence-electron chi connectivity index (χ2n) is 5.79. The van der Waals surface area contributed by atoms with Gasteiger partial charge in [0.1, 0.15) is 0 Å². The van der Waals surface area contributed by atoms with Gasteiger partial charge in [-0.3, -0.25) is 4.79 Å².